The number of nitrogens with zero attached hydrogens (tertiary/aromatic N) is 1. The topological polar surface area (TPSA) is 127 Å². The number of aliphatic hydroxyl groups is 2. The smallest absolute Gasteiger partial charge is 0.424 e. The van der Waals surface area contributed by atoms with E-state index in [1.165, 1.54) is 36.4 Å². The lowest BCUT2D eigenvalue weighted by atomic mass is 9.89. The Morgan fingerprint density at radius 2 is 1.70 bits per heavy atom. The average molecular weight is 608 g/mol. The van der Waals surface area contributed by atoms with Gasteiger partial charge in [0.15, 0.2) is 11.5 Å². The first-order chi connectivity index (χ1) is 20.2. The summed E-state index contributed by atoms with van der Waals surface area (Å²) in [6, 6.07) is 11.5. The van der Waals surface area contributed by atoms with Crippen LogP contribution < -0.4 is 20.5 Å². The number of hydrogen-bond acceptors (Lipinski definition) is 7. The average Bonchev–Trinajstić information content (AvgIpc) is 3.79. The Morgan fingerprint density at radius 3 is 2.26 bits per heavy atom. The van der Waals surface area contributed by atoms with Crippen molar-refractivity contribution in [1.29, 1.82) is 0 Å². The molecule has 0 spiro atoms. The lowest BCUT2D eigenvalue weighted by molar-refractivity contribution is -0.265. The van der Waals surface area contributed by atoms with Crippen LogP contribution in [-0.2, 0) is 11.1 Å². The zero-order valence-corrected chi connectivity index (χ0v) is 24.5. The van der Waals surface area contributed by atoms with Crippen LogP contribution in [0.25, 0.3) is 11.3 Å². The van der Waals surface area contributed by atoms with E-state index in [1.54, 1.807) is 13.8 Å². The Kier molecular flexibility index (Phi) is 10.8. The highest BCUT2D eigenvalue weighted by Crippen LogP contribution is 2.40. The van der Waals surface area contributed by atoms with Gasteiger partial charge >= 0.3 is 6.18 Å². The van der Waals surface area contributed by atoms with Crippen LogP contribution in [0.1, 0.15) is 62.2 Å². The van der Waals surface area contributed by atoms with E-state index in [4.69, 9.17) is 20.3 Å². The molecule has 1 heterocycles. The van der Waals surface area contributed by atoms with Crippen LogP contribution in [0.2, 0.25) is 0 Å². The van der Waals surface area contributed by atoms with Gasteiger partial charge < -0.3 is 30.7 Å². The van der Waals surface area contributed by atoms with Crippen LogP contribution in [0.4, 0.5) is 17.6 Å². The second-order valence-corrected chi connectivity index (χ2v) is 10.4. The van der Waals surface area contributed by atoms with E-state index in [2.05, 4.69) is 10.3 Å². The van der Waals surface area contributed by atoms with Crippen molar-refractivity contribution in [3.05, 3.63) is 77.2 Å². The number of amides is 1. The summed E-state index contributed by atoms with van der Waals surface area (Å²) in [6.45, 7) is 5.62. The number of pyridine rings is 1. The monoisotopic (exact) mass is 607 g/mol. The number of alkyl halides is 3. The molecule has 234 valence electrons. The van der Waals surface area contributed by atoms with Crippen molar-refractivity contribution in [2.24, 2.45) is 5.73 Å². The van der Waals surface area contributed by atoms with Gasteiger partial charge in [-0.15, -0.1) is 0 Å². The summed E-state index contributed by atoms with van der Waals surface area (Å²) in [5.74, 6) is -0.968. The second kappa shape index (κ2) is 13.7. The maximum atomic E-state index is 14.5. The molecule has 0 bridgehead atoms. The Hall–Kier alpha value is -3.74. The number of aromatic nitrogens is 1. The number of halogens is 4. The third-order valence-electron chi connectivity index (χ3n) is 6.48. The zero-order chi connectivity index (χ0) is 32.0. The Bertz CT molecular complexity index is 1390. The minimum absolute atomic E-state index is 0.0171. The molecule has 43 heavy (non-hydrogen) atoms. The third kappa shape index (κ3) is 8.43. The summed E-state index contributed by atoms with van der Waals surface area (Å²) in [5, 5.41) is 22.3. The van der Waals surface area contributed by atoms with Crippen molar-refractivity contribution in [2.45, 2.75) is 64.0 Å². The molecule has 0 radical (unpaired) electrons. The van der Waals surface area contributed by atoms with Gasteiger partial charge in [-0.2, -0.15) is 13.2 Å². The molecule has 1 saturated carbocycles. The molecule has 8 nitrogen and oxygen atoms in total. The van der Waals surface area contributed by atoms with Gasteiger partial charge in [-0.3, -0.25) is 4.79 Å². The molecule has 1 aliphatic rings. The first-order valence-corrected chi connectivity index (χ1v) is 13.9. The van der Waals surface area contributed by atoms with Crippen molar-refractivity contribution in [3.8, 4) is 22.8 Å². The number of ether oxygens (including phenoxy) is 2. The van der Waals surface area contributed by atoms with Crippen molar-refractivity contribution < 1.29 is 42.0 Å². The number of carbonyl (C=O) groups excluding carboxylic acids is 1. The molecular formula is C31H37F4N3O5. The number of rotatable bonds is 11. The van der Waals surface area contributed by atoms with E-state index < -0.39 is 41.3 Å². The molecule has 1 aromatic heterocycles. The van der Waals surface area contributed by atoms with Crippen LogP contribution in [0.3, 0.4) is 0 Å². The molecule has 1 atom stereocenters. The molecule has 2 aromatic carbocycles. The van der Waals surface area contributed by atoms with E-state index in [0.717, 1.165) is 31.0 Å². The molecule has 1 unspecified atom stereocenters. The maximum Gasteiger partial charge on any atom is 0.424 e. The normalized spacial score (nSPS) is 14.7. The first-order valence-electron chi connectivity index (χ1n) is 13.9. The van der Waals surface area contributed by atoms with E-state index in [9.17, 15) is 27.5 Å². The summed E-state index contributed by atoms with van der Waals surface area (Å²) in [5.41, 5.74) is 1.22. The molecule has 3 aromatic rings. The number of carbonyl (C=O) groups is 1. The standard InChI is InChI=1S/C29H31F4N3O5.C2H6/c1-27(2,34)19-14-22(17-3-6-20(30)7-4-17)36-25(15-19)28(39,29(31,32)33)16-35-26(38)18-5-10-23(40-12-11-37)24(13-18)41-21-8-9-21;1-2/h3-7,10,13-15,21,37,39H,8-9,11-12,16,34H2,1-2H3,(H,35,38);1-2H3. The van der Waals surface area contributed by atoms with Crippen LogP contribution in [-0.4, -0.2) is 53.1 Å². The van der Waals surface area contributed by atoms with Gasteiger partial charge in [0.05, 0.1) is 30.6 Å². The van der Waals surface area contributed by atoms with Crippen molar-refractivity contribution in [2.75, 3.05) is 19.8 Å². The lowest BCUT2D eigenvalue weighted by Crippen LogP contribution is -2.51. The van der Waals surface area contributed by atoms with Gasteiger partial charge in [0.25, 0.3) is 5.91 Å². The summed E-state index contributed by atoms with van der Waals surface area (Å²) in [4.78, 5) is 17.0. The summed E-state index contributed by atoms with van der Waals surface area (Å²) in [7, 11) is 0. The van der Waals surface area contributed by atoms with Gasteiger partial charge in [-0.1, -0.05) is 13.8 Å². The predicted octanol–water partition coefficient (Wildman–Crippen LogP) is 5.20. The largest absolute Gasteiger partial charge is 0.487 e. The first kappa shape index (κ1) is 33.8. The lowest BCUT2D eigenvalue weighted by Gasteiger charge is -2.32. The van der Waals surface area contributed by atoms with Crippen molar-refractivity contribution >= 4 is 5.91 Å². The highest BCUT2D eigenvalue weighted by Gasteiger charge is 2.56. The highest BCUT2D eigenvalue weighted by atomic mass is 19.4. The SMILES string of the molecule is CC.CC(C)(N)c1cc(-c2ccc(F)cc2)nc(C(O)(CNC(=O)c2ccc(OCCO)c(OC3CC3)c2)C(F)(F)F)c1. The van der Waals surface area contributed by atoms with E-state index in [0.29, 0.717) is 5.56 Å². The number of nitrogens with two attached hydrogens (primary N) is 1. The molecule has 1 amide bonds. The summed E-state index contributed by atoms with van der Waals surface area (Å²) in [6.07, 6.45) is -3.71. The van der Waals surface area contributed by atoms with Gasteiger partial charge in [-0.05, 0) is 86.8 Å². The van der Waals surface area contributed by atoms with E-state index >= 15 is 0 Å². The minimum atomic E-state index is -5.26. The number of aliphatic hydroxyl groups excluding tert-OH is 1. The van der Waals surface area contributed by atoms with Crippen LogP contribution in [0.5, 0.6) is 11.5 Å². The molecule has 12 heteroatoms. The summed E-state index contributed by atoms with van der Waals surface area (Å²) >= 11 is 0. The molecule has 5 N–H and O–H groups in total. The fraction of sp³-hybridized carbons (Fsp3) is 0.419. The van der Waals surface area contributed by atoms with Gasteiger partial charge in [0, 0.05) is 16.7 Å². The van der Waals surface area contributed by atoms with Gasteiger partial charge in [-0.25, -0.2) is 9.37 Å². The Morgan fingerprint density at radius 1 is 1.05 bits per heavy atom. The van der Waals surface area contributed by atoms with E-state index in [-0.39, 0.29) is 47.6 Å². The zero-order valence-electron chi connectivity index (χ0n) is 24.5. The van der Waals surface area contributed by atoms with Crippen LogP contribution >= 0.6 is 0 Å². The highest BCUT2D eigenvalue weighted by molar-refractivity contribution is 5.95. The van der Waals surface area contributed by atoms with Crippen molar-refractivity contribution in [1.82, 2.24) is 10.3 Å². The number of hydrogen-bond donors (Lipinski definition) is 4. The van der Waals surface area contributed by atoms with Crippen LogP contribution in [0, 0.1) is 5.82 Å². The summed E-state index contributed by atoms with van der Waals surface area (Å²) < 4.78 is 68.1. The molecule has 1 aliphatic carbocycles. The minimum Gasteiger partial charge on any atom is -0.487 e. The second-order valence-electron chi connectivity index (χ2n) is 10.4. The Balaban J connectivity index is 0.00000248. The van der Waals surface area contributed by atoms with Crippen LogP contribution in [0.15, 0.2) is 54.6 Å². The molecular weight excluding hydrogens is 570 g/mol. The van der Waals surface area contributed by atoms with Crippen molar-refractivity contribution in [3.63, 3.8) is 0 Å². The fourth-order valence-electron chi connectivity index (χ4n) is 3.91. The quantitative estimate of drug-likeness (QED) is 0.221. The number of nitrogens with one attached hydrogen (secondary N) is 1. The fourth-order valence-corrected chi connectivity index (χ4v) is 3.91. The molecule has 0 saturated heterocycles. The predicted molar refractivity (Wildman–Crippen MR) is 153 cm³/mol. The Labute approximate surface area is 247 Å². The molecule has 4 rings (SSSR count). The number of benzene rings is 2. The molecule has 1 fully saturated rings. The van der Waals surface area contributed by atoms with Gasteiger partial charge in [0.2, 0.25) is 5.60 Å². The maximum absolute atomic E-state index is 14.5. The van der Waals surface area contributed by atoms with Gasteiger partial charge in [0.1, 0.15) is 12.4 Å². The van der Waals surface area contributed by atoms with E-state index in [1.807, 2.05) is 13.8 Å². The third-order valence-corrected chi connectivity index (χ3v) is 6.48. The molecule has 0 aliphatic heterocycles.